The maximum atomic E-state index is 5.77. The zero-order chi connectivity index (χ0) is 13.8. The van der Waals surface area contributed by atoms with Crippen LogP contribution in [-0.4, -0.2) is 0 Å². The lowest BCUT2D eigenvalue weighted by molar-refractivity contribution is 0.547. The van der Waals surface area contributed by atoms with Crippen molar-refractivity contribution in [2.24, 2.45) is 5.84 Å². The predicted octanol–water partition coefficient (Wildman–Crippen LogP) is 3.36. The van der Waals surface area contributed by atoms with Gasteiger partial charge in [-0.05, 0) is 55.0 Å². The number of hydrogen-bond acceptors (Lipinski definition) is 2. The number of hydrogen-bond donors (Lipinski definition) is 2. The Hall–Kier alpha value is -1.64. The zero-order valence-electron chi connectivity index (χ0n) is 11.9. The van der Waals surface area contributed by atoms with Gasteiger partial charge in [-0.1, -0.05) is 42.5 Å². The van der Waals surface area contributed by atoms with E-state index in [9.17, 15) is 0 Å². The van der Waals surface area contributed by atoms with Crippen LogP contribution in [0.5, 0.6) is 0 Å². The van der Waals surface area contributed by atoms with Crippen molar-refractivity contribution in [3.05, 3.63) is 70.3 Å². The third kappa shape index (κ3) is 3.03. The van der Waals surface area contributed by atoms with Gasteiger partial charge in [0.05, 0.1) is 6.04 Å². The lowest BCUT2D eigenvalue weighted by Gasteiger charge is -2.21. The van der Waals surface area contributed by atoms with Crippen molar-refractivity contribution >= 4 is 0 Å². The van der Waals surface area contributed by atoms with Gasteiger partial charge >= 0.3 is 0 Å². The van der Waals surface area contributed by atoms with Gasteiger partial charge in [-0.25, -0.2) is 0 Å². The maximum absolute atomic E-state index is 5.77. The molecule has 0 amide bonds. The first-order valence-corrected chi connectivity index (χ1v) is 6.70. The zero-order valence-corrected chi connectivity index (χ0v) is 11.9. The Morgan fingerprint density at radius 3 is 2.05 bits per heavy atom. The highest BCUT2D eigenvalue weighted by Crippen LogP contribution is 2.24. The minimum atomic E-state index is 0.154. The molecule has 0 saturated heterocycles. The summed E-state index contributed by atoms with van der Waals surface area (Å²) in [6.07, 6.45) is 0.917. The van der Waals surface area contributed by atoms with Crippen molar-refractivity contribution in [3.63, 3.8) is 0 Å². The molecule has 0 spiro atoms. The van der Waals surface area contributed by atoms with Gasteiger partial charge in [-0.15, -0.1) is 0 Å². The van der Waals surface area contributed by atoms with Gasteiger partial charge in [0.15, 0.2) is 0 Å². The van der Waals surface area contributed by atoms with E-state index in [-0.39, 0.29) is 6.04 Å². The molecule has 2 nitrogen and oxygen atoms in total. The largest absolute Gasteiger partial charge is 0.271 e. The molecule has 0 heterocycles. The molecule has 0 saturated carbocycles. The van der Waals surface area contributed by atoms with Gasteiger partial charge < -0.3 is 0 Å². The molecule has 0 fully saturated rings. The highest BCUT2D eigenvalue weighted by molar-refractivity contribution is 5.37. The first-order chi connectivity index (χ1) is 9.13. The molecule has 2 aromatic rings. The predicted molar refractivity (Wildman–Crippen MR) is 80.9 cm³/mol. The highest BCUT2D eigenvalue weighted by Gasteiger charge is 2.14. The molecule has 1 atom stereocenters. The van der Waals surface area contributed by atoms with Gasteiger partial charge in [0.25, 0.3) is 0 Å². The van der Waals surface area contributed by atoms with Crippen molar-refractivity contribution in [3.8, 4) is 0 Å². The van der Waals surface area contributed by atoms with Crippen LogP contribution in [0, 0.1) is 20.8 Å². The molecule has 0 radical (unpaired) electrons. The van der Waals surface area contributed by atoms with Crippen LogP contribution in [0.1, 0.15) is 33.9 Å². The lowest BCUT2D eigenvalue weighted by Crippen LogP contribution is -2.30. The average Bonchev–Trinajstić information content (AvgIpc) is 2.40. The quantitative estimate of drug-likeness (QED) is 0.648. The van der Waals surface area contributed by atoms with Crippen LogP contribution in [-0.2, 0) is 6.42 Å². The minimum absolute atomic E-state index is 0.154. The number of aryl methyl sites for hydroxylation is 3. The van der Waals surface area contributed by atoms with Crippen molar-refractivity contribution in [2.75, 3.05) is 0 Å². The number of nitrogens with two attached hydrogens (primary N) is 1. The molecule has 100 valence electrons. The first-order valence-electron chi connectivity index (χ1n) is 6.70. The summed E-state index contributed by atoms with van der Waals surface area (Å²) in [5, 5.41) is 0. The number of rotatable bonds is 4. The molecule has 2 heteroatoms. The molecule has 3 N–H and O–H groups in total. The van der Waals surface area contributed by atoms with Crippen molar-refractivity contribution in [2.45, 2.75) is 33.2 Å². The first kappa shape index (κ1) is 13.8. The summed E-state index contributed by atoms with van der Waals surface area (Å²) in [6.45, 7) is 6.45. The van der Waals surface area contributed by atoms with Crippen LogP contribution in [0.2, 0.25) is 0 Å². The topological polar surface area (TPSA) is 38.0 Å². The Balaban J connectivity index is 2.32. The van der Waals surface area contributed by atoms with Crippen molar-refractivity contribution < 1.29 is 0 Å². The standard InChI is InChI=1S/C17H22N2/c1-12-7-4-5-10-15(12)17(19-18)11-16-13(2)8-6-9-14(16)3/h4-10,17,19H,11,18H2,1-3H3. The van der Waals surface area contributed by atoms with E-state index in [1.54, 1.807) is 0 Å². The molecular weight excluding hydrogens is 232 g/mol. The summed E-state index contributed by atoms with van der Waals surface area (Å²) in [7, 11) is 0. The van der Waals surface area contributed by atoms with Gasteiger partial charge in [-0.2, -0.15) is 0 Å². The summed E-state index contributed by atoms with van der Waals surface area (Å²) >= 11 is 0. The number of benzene rings is 2. The SMILES string of the molecule is Cc1ccccc1C(Cc1c(C)cccc1C)NN. The molecule has 2 aromatic carbocycles. The fourth-order valence-corrected chi connectivity index (χ4v) is 2.61. The van der Waals surface area contributed by atoms with Crippen LogP contribution < -0.4 is 11.3 Å². The van der Waals surface area contributed by atoms with Crippen molar-refractivity contribution in [1.29, 1.82) is 0 Å². The third-order valence-corrected chi connectivity index (χ3v) is 3.82. The Morgan fingerprint density at radius 2 is 1.47 bits per heavy atom. The second kappa shape index (κ2) is 6.00. The Labute approximate surface area is 115 Å². The fourth-order valence-electron chi connectivity index (χ4n) is 2.61. The van der Waals surface area contributed by atoms with Crippen LogP contribution in [0.4, 0.5) is 0 Å². The van der Waals surface area contributed by atoms with Crippen molar-refractivity contribution in [1.82, 2.24) is 5.43 Å². The van der Waals surface area contributed by atoms with E-state index in [4.69, 9.17) is 5.84 Å². The summed E-state index contributed by atoms with van der Waals surface area (Å²) in [5.41, 5.74) is 9.55. The molecule has 0 bridgehead atoms. The van der Waals surface area contributed by atoms with E-state index >= 15 is 0 Å². The third-order valence-electron chi connectivity index (χ3n) is 3.82. The Bertz CT molecular complexity index is 541. The van der Waals surface area contributed by atoms with Gasteiger partial charge in [0.2, 0.25) is 0 Å². The van der Waals surface area contributed by atoms with Gasteiger partial charge in [0.1, 0.15) is 0 Å². The molecule has 0 aromatic heterocycles. The number of nitrogens with one attached hydrogen (secondary N) is 1. The smallest absolute Gasteiger partial charge is 0.0503 e. The molecule has 0 aliphatic heterocycles. The highest BCUT2D eigenvalue weighted by atomic mass is 15.2. The second-order valence-electron chi connectivity index (χ2n) is 5.15. The normalized spacial score (nSPS) is 12.4. The summed E-state index contributed by atoms with van der Waals surface area (Å²) < 4.78 is 0. The molecule has 0 aliphatic rings. The van der Waals surface area contributed by atoms with Crippen LogP contribution in [0.25, 0.3) is 0 Å². The van der Waals surface area contributed by atoms with E-state index in [2.05, 4.69) is 68.7 Å². The van der Waals surface area contributed by atoms with E-state index < -0.39 is 0 Å². The molecule has 19 heavy (non-hydrogen) atoms. The van der Waals surface area contributed by atoms with Crippen LogP contribution in [0.15, 0.2) is 42.5 Å². The fraction of sp³-hybridized carbons (Fsp3) is 0.294. The van der Waals surface area contributed by atoms with Gasteiger partial charge in [-0.3, -0.25) is 11.3 Å². The van der Waals surface area contributed by atoms with E-state index in [1.165, 1.54) is 27.8 Å². The Morgan fingerprint density at radius 1 is 0.895 bits per heavy atom. The summed E-state index contributed by atoms with van der Waals surface area (Å²) in [5.74, 6) is 5.77. The molecule has 1 unspecified atom stereocenters. The lowest BCUT2D eigenvalue weighted by atomic mass is 9.91. The molecule has 2 rings (SSSR count). The second-order valence-corrected chi connectivity index (χ2v) is 5.15. The summed E-state index contributed by atoms with van der Waals surface area (Å²) in [6, 6.07) is 15.0. The van der Waals surface area contributed by atoms with E-state index in [0.717, 1.165) is 6.42 Å². The molecule has 0 aliphatic carbocycles. The van der Waals surface area contributed by atoms with E-state index in [0.29, 0.717) is 0 Å². The monoisotopic (exact) mass is 254 g/mol. The van der Waals surface area contributed by atoms with E-state index in [1.807, 2.05) is 0 Å². The average molecular weight is 254 g/mol. The van der Waals surface area contributed by atoms with Crippen LogP contribution in [0.3, 0.4) is 0 Å². The van der Waals surface area contributed by atoms with Gasteiger partial charge in [0, 0.05) is 0 Å². The minimum Gasteiger partial charge on any atom is -0.271 e. The molecular formula is C17H22N2. The number of hydrazine groups is 1. The van der Waals surface area contributed by atoms with Crippen LogP contribution >= 0.6 is 0 Å². The maximum Gasteiger partial charge on any atom is 0.0503 e. The summed E-state index contributed by atoms with van der Waals surface area (Å²) in [4.78, 5) is 0. The Kier molecular flexibility index (Phi) is 4.35.